The number of fused-ring (bicyclic) bond motifs is 1. The molecule has 0 saturated heterocycles. The zero-order chi connectivity index (χ0) is 15.5. The van der Waals surface area contributed by atoms with Gasteiger partial charge in [0.2, 0.25) is 6.54 Å². The second kappa shape index (κ2) is 6.29. The molecule has 0 atom stereocenters. The zero-order valence-corrected chi connectivity index (χ0v) is 13.4. The van der Waals surface area contributed by atoms with Crippen molar-refractivity contribution in [3.05, 3.63) is 46.1 Å². The van der Waals surface area contributed by atoms with Gasteiger partial charge >= 0.3 is 0 Å². The number of nitriles is 1. The summed E-state index contributed by atoms with van der Waals surface area (Å²) in [5.74, 6) is -0.0920. The zero-order valence-electron chi connectivity index (χ0n) is 12.6. The molecule has 2 heterocycles. The number of aromatic nitrogens is 1. The molecular weight excluding hydrogens is 294 g/mol. The molecule has 3 rings (SSSR count). The van der Waals surface area contributed by atoms with Gasteiger partial charge in [-0.3, -0.25) is 4.79 Å². The third kappa shape index (κ3) is 2.88. The first kappa shape index (κ1) is 14.7. The lowest BCUT2D eigenvalue weighted by Crippen LogP contribution is -2.39. The van der Waals surface area contributed by atoms with Crippen LogP contribution in [0.3, 0.4) is 0 Å². The molecule has 0 radical (unpaired) electrons. The highest BCUT2D eigenvalue weighted by atomic mass is 32.1. The Kier molecular flexibility index (Phi) is 4.21. The van der Waals surface area contributed by atoms with E-state index in [4.69, 9.17) is 0 Å². The topological polar surface area (TPSA) is 56.8 Å². The van der Waals surface area contributed by atoms with Crippen LogP contribution >= 0.6 is 11.3 Å². The fraction of sp³-hybridized carbons (Fsp3) is 0.353. The van der Waals surface area contributed by atoms with Crippen LogP contribution in [0.25, 0.3) is 0 Å². The minimum Gasteiger partial charge on any atom is -0.311 e. The van der Waals surface area contributed by atoms with Crippen LogP contribution in [0, 0.1) is 11.3 Å². The molecule has 2 aromatic rings. The predicted molar refractivity (Wildman–Crippen MR) is 85.7 cm³/mol. The number of anilines is 1. The number of carbonyl (C=O) groups excluding carboxylic acids is 1. The molecule has 0 saturated carbocycles. The summed E-state index contributed by atoms with van der Waals surface area (Å²) in [4.78, 5) is 13.5. The number of carbonyl (C=O) groups is 1. The first-order valence-corrected chi connectivity index (χ1v) is 8.35. The number of rotatable bonds is 4. The van der Waals surface area contributed by atoms with Crippen molar-refractivity contribution in [1.82, 2.24) is 0 Å². The van der Waals surface area contributed by atoms with E-state index in [1.807, 2.05) is 29.1 Å². The van der Waals surface area contributed by atoms with Crippen molar-refractivity contribution in [3.63, 3.8) is 0 Å². The van der Waals surface area contributed by atoms with Crippen molar-refractivity contribution in [3.8, 4) is 6.07 Å². The Labute approximate surface area is 134 Å². The lowest BCUT2D eigenvalue weighted by atomic mass is 10.1. The van der Waals surface area contributed by atoms with E-state index in [1.54, 1.807) is 11.3 Å². The summed E-state index contributed by atoms with van der Waals surface area (Å²) < 4.78 is 1.85. The third-order valence-electron chi connectivity index (χ3n) is 3.98. The summed E-state index contributed by atoms with van der Waals surface area (Å²) in [5.41, 5.74) is 3.05. The second-order valence-corrected chi connectivity index (χ2v) is 6.56. The van der Waals surface area contributed by atoms with E-state index in [-0.39, 0.29) is 12.5 Å². The summed E-state index contributed by atoms with van der Waals surface area (Å²) >= 11 is 1.55. The van der Waals surface area contributed by atoms with Crippen LogP contribution in [0.5, 0.6) is 0 Å². The molecular formula is C17H18N3OS+. The number of nitrogens with zero attached hydrogens (tertiary/aromatic N) is 2. The molecule has 1 aliphatic rings. The number of aryl methyl sites for hydroxylation is 2. The fourth-order valence-electron chi connectivity index (χ4n) is 2.77. The predicted octanol–water partition coefficient (Wildman–Crippen LogP) is 2.60. The molecule has 1 aliphatic carbocycles. The van der Waals surface area contributed by atoms with Gasteiger partial charge in [0.1, 0.15) is 11.1 Å². The SMILES string of the molecule is CCc1cc[n+](CC(=O)Nc2sc3c(c2C#N)CCC3)cc1. The van der Waals surface area contributed by atoms with E-state index in [0.717, 1.165) is 31.2 Å². The van der Waals surface area contributed by atoms with Crippen molar-refractivity contribution in [2.24, 2.45) is 0 Å². The second-order valence-electron chi connectivity index (χ2n) is 5.45. The Hall–Kier alpha value is -2.19. The van der Waals surface area contributed by atoms with Gasteiger partial charge in [-0.15, -0.1) is 11.3 Å². The maximum Gasteiger partial charge on any atom is 0.290 e. The first-order chi connectivity index (χ1) is 10.7. The van der Waals surface area contributed by atoms with E-state index >= 15 is 0 Å². The monoisotopic (exact) mass is 312 g/mol. The van der Waals surface area contributed by atoms with Crippen LogP contribution in [0.4, 0.5) is 5.00 Å². The van der Waals surface area contributed by atoms with Gasteiger partial charge in [-0.25, -0.2) is 0 Å². The largest absolute Gasteiger partial charge is 0.311 e. The number of thiophene rings is 1. The number of amides is 1. The molecule has 0 aromatic carbocycles. The molecule has 2 aromatic heterocycles. The normalized spacial score (nSPS) is 12.7. The third-order valence-corrected chi connectivity index (χ3v) is 5.19. The van der Waals surface area contributed by atoms with Gasteiger partial charge in [0, 0.05) is 17.0 Å². The Morgan fingerprint density at radius 2 is 2.18 bits per heavy atom. The van der Waals surface area contributed by atoms with Crippen LogP contribution in [0.15, 0.2) is 24.5 Å². The van der Waals surface area contributed by atoms with Gasteiger partial charge in [0.15, 0.2) is 12.4 Å². The fourth-order valence-corrected chi connectivity index (χ4v) is 4.03. The van der Waals surface area contributed by atoms with Crippen molar-refractivity contribution >= 4 is 22.2 Å². The smallest absolute Gasteiger partial charge is 0.290 e. The maximum absolute atomic E-state index is 12.2. The van der Waals surface area contributed by atoms with Gasteiger partial charge < -0.3 is 5.32 Å². The molecule has 0 unspecified atom stereocenters. The van der Waals surface area contributed by atoms with Gasteiger partial charge in [-0.1, -0.05) is 6.92 Å². The lowest BCUT2D eigenvalue weighted by molar-refractivity contribution is -0.684. The molecule has 0 fully saturated rings. The van der Waals surface area contributed by atoms with Crippen molar-refractivity contribution in [2.75, 3.05) is 5.32 Å². The molecule has 0 aliphatic heterocycles. The molecule has 5 heteroatoms. The Morgan fingerprint density at radius 1 is 1.41 bits per heavy atom. The number of pyridine rings is 1. The van der Waals surface area contributed by atoms with Crippen LogP contribution in [-0.4, -0.2) is 5.91 Å². The van der Waals surface area contributed by atoms with Crippen LogP contribution in [0.1, 0.15) is 34.9 Å². The molecule has 0 spiro atoms. The van der Waals surface area contributed by atoms with Crippen molar-refractivity contribution in [2.45, 2.75) is 39.2 Å². The van der Waals surface area contributed by atoms with Crippen LogP contribution in [-0.2, 0) is 30.6 Å². The Bertz CT molecular complexity index is 740. The van der Waals surface area contributed by atoms with Crippen LogP contribution < -0.4 is 9.88 Å². The molecule has 4 nitrogen and oxygen atoms in total. The van der Waals surface area contributed by atoms with Crippen LogP contribution in [0.2, 0.25) is 0 Å². The highest BCUT2D eigenvalue weighted by molar-refractivity contribution is 7.16. The highest BCUT2D eigenvalue weighted by Crippen LogP contribution is 2.38. The molecule has 1 amide bonds. The summed E-state index contributed by atoms with van der Waals surface area (Å²) in [5, 5.41) is 12.9. The quantitative estimate of drug-likeness (QED) is 0.882. The van der Waals surface area contributed by atoms with Gasteiger partial charge in [0.05, 0.1) is 5.56 Å². The lowest BCUT2D eigenvalue weighted by Gasteiger charge is -2.02. The van der Waals surface area contributed by atoms with E-state index in [2.05, 4.69) is 18.3 Å². The van der Waals surface area contributed by atoms with Gasteiger partial charge in [-0.05, 0) is 36.8 Å². The average Bonchev–Trinajstić information content (AvgIpc) is 3.08. The van der Waals surface area contributed by atoms with Gasteiger partial charge in [0.25, 0.3) is 5.91 Å². The average molecular weight is 312 g/mol. The Morgan fingerprint density at radius 3 is 2.86 bits per heavy atom. The van der Waals surface area contributed by atoms with E-state index in [0.29, 0.717) is 10.6 Å². The number of hydrogen-bond acceptors (Lipinski definition) is 3. The summed E-state index contributed by atoms with van der Waals surface area (Å²) in [7, 11) is 0. The van der Waals surface area contributed by atoms with Crippen molar-refractivity contribution in [1.29, 1.82) is 5.26 Å². The van der Waals surface area contributed by atoms with E-state index in [9.17, 15) is 10.1 Å². The van der Waals surface area contributed by atoms with E-state index in [1.165, 1.54) is 10.4 Å². The molecule has 0 bridgehead atoms. The maximum atomic E-state index is 12.2. The Balaban J connectivity index is 1.70. The summed E-state index contributed by atoms with van der Waals surface area (Å²) in [6.07, 6.45) is 7.91. The van der Waals surface area contributed by atoms with Crippen molar-refractivity contribution < 1.29 is 9.36 Å². The molecule has 112 valence electrons. The minimum absolute atomic E-state index is 0.0920. The standard InChI is InChI=1S/C17H17N3OS/c1-2-12-6-8-20(9-7-12)11-16(21)19-17-14(10-18)13-4-3-5-15(13)22-17/h6-9H,2-5,11H2,1H3/p+1. The minimum atomic E-state index is -0.0920. The number of nitrogens with one attached hydrogen (secondary N) is 1. The summed E-state index contributed by atoms with van der Waals surface area (Å²) in [6, 6.07) is 6.29. The molecule has 1 N–H and O–H groups in total. The van der Waals surface area contributed by atoms with E-state index < -0.39 is 0 Å². The number of hydrogen-bond donors (Lipinski definition) is 1. The summed E-state index contributed by atoms with van der Waals surface area (Å²) in [6.45, 7) is 2.36. The first-order valence-electron chi connectivity index (χ1n) is 7.53. The molecule has 22 heavy (non-hydrogen) atoms. The van der Waals surface area contributed by atoms with Gasteiger partial charge in [-0.2, -0.15) is 9.83 Å². The highest BCUT2D eigenvalue weighted by Gasteiger charge is 2.23.